The second-order valence-electron chi connectivity index (χ2n) is 3.95. The largest absolute Gasteiger partial charge is 0.496 e. The lowest BCUT2D eigenvalue weighted by atomic mass is 10.0. The van der Waals surface area contributed by atoms with E-state index in [9.17, 15) is 0 Å². The van der Waals surface area contributed by atoms with E-state index in [0.717, 1.165) is 18.7 Å². The van der Waals surface area contributed by atoms with Crippen molar-refractivity contribution in [1.82, 2.24) is 5.32 Å². The molecule has 3 heteroatoms. The number of rotatable bonds is 6. The van der Waals surface area contributed by atoms with Crippen molar-refractivity contribution >= 4 is 0 Å². The average molecular weight is 223 g/mol. The lowest BCUT2D eigenvalue weighted by Gasteiger charge is -2.13. The van der Waals surface area contributed by atoms with Gasteiger partial charge in [-0.1, -0.05) is 6.07 Å². The molecule has 0 aliphatic heterocycles. The van der Waals surface area contributed by atoms with E-state index in [1.165, 1.54) is 16.7 Å². The van der Waals surface area contributed by atoms with Gasteiger partial charge in [-0.15, -0.1) is 0 Å². The number of methoxy groups -OCH3 is 2. The average Bonchev–Trinajstić information content (AvgIpc) is 2.26. The van der Waals surface area contributed by atoms with Crippen molar-refractivity contribution < 1.29 is 9.47 Å². The molecule has 0 spiro atoms. The standard InChI is InChI=1S/C13H21NO2/c1-10-7-11(2)12(13(8-10)16-4)5-6-14-9-15-3/h7-8,14H,5-6,9H2,1-4H3. The molecule has 0 radical (unpaired) electrons. The first-order valence-corrected chi connectivity index (χ1v) is 5.52. The van der Waals surface area contributed by atoms with Gasteiger partial charge in [-0.25, -0.2) is 0 Å². The molecule has 0 atom stereocenters. The predicted molar refractivity (Wildman–Crippen MR) is 66.1 cm³/mol. The Bertz CT molecular complexity index is 337. The fourth-order valence-corrected chi connectivity index (χ4v) is 1.85. The van der Waals surface area contributed by atoms with Gasteiger partial charge in [0, 0.05) is 13.7 Å². The molecule has 0 unspecified atom stereocenters. The fraction of sp³-hybridized carbons (Fsp3) is 0.538. The molecule has 0 saturated carbocycles. The van der Waals surface area contributed by atoms with Gasteiger partial charge in [0.05, 0.1) is 13.8 Å². The van der Waals surface area contributed by atoms with Gasteiger partial charge in [0.25, 0.3) is 0 Å². The SMILES string of the molecule is COCNCCc1c(C)cc(C)cc1OC. The third-order valence-corrected chi connectivity index (χ3v) is 2.59. The molecule has 0 aliphatic carbocycles. The molecule has 1 aromatic carbocycles. The monoisotopic (exact) mass is 223 g/mol. The van der Waals surface area contributed by atoms with Gasteiger partial charge >= 0.3 is 0 Å². The summed E-state index contributed by atoms with van der Waals surface area (Å²) in [6, 6.07) is 4.27. The number of aryl methyl sites for hydroxylation is 2. The Morgan fingerprint density at radius 2 is 1.94 bits per heavy atom. The Morgan fingerprint density at radius 3 is 2.56 bits per heavy atom. The summed E-state index contributed by atoms with van der Waals surface area (Å²) in [5, 5.41) is 3.20. The first kappa shape index (κ1) is 13.0. The quantitative estimate of drug-likeness (QED) is 0.591. The number of hydrogen-bond acceptors (Lipinski definition) is 3. The highest BCUT2D eigenvalue weighted by atomic mass is 16.5. The van der Waals surface area contributed by atoms with E-state index in [2.05, 4.69) is 31.3 Å². The normalized spacial score (nSPS) is 10.5. The van der Waals surface area contributed by atoms with Crippen molar-refractivity contribution in [2.24, 2.45) is 0 Å². The summed E-state index contributed by atoms with van der Waals surface area (Å²) in [6.07, 6.45) is 0.957. The van der Waals surface area contributed by atoms with Crippen LogP contribution in [0.15, 0.2) is 12.1 Å². The summed E-state index contributed by atoms with van der Waals surface area (Å²) in [4.78, 5) is 0. The second kappa shape index (κ2) is 6.51. The summed E-state index contributed by atoms with van der Waals surface area (Å²) >= 11 is 0. The lowest BCUT2D eigenvalue weighted by Crippen LogP contribution is -2.20. The Hall–Kier alpha value is -1.06. The van der Waals surface area contributed by atoms with Crippen LogP contribution >= 0.6 is 0 Å². The van der Waals surface area contributed by atoms with Crippen LogP contribution in [-0.2, 0) is 11.2 Å². The molecule has 3 nitrogen and oxygen atoms in total. The molecule has 0 aromatic heterocycles. The molecule has 1 N–H and O–H groups in total. The van der Waals surface area contributed by atoms with Crippen LogP contribution in [0, 0.1) is 13.8 Å². The Balaban J connectivity index is 2.70. The van der Waals surface area contributed by atoms with Gasteiger partial charge in [-0.3, -0.25) is 5.32 Å². The zero-order valence-corrected chi connectivity index (χ0v) is 10.6. The molecule has 0 fully saturated rings. The molecule has 0 aliphatic rings. The van der Waals surface area contributed by atoms with Crippen LogP contribution < -0.4 is 10.1 Å². The zero-order valence-electron chi connectivity index (χ0n) is 10.6. The summed E-state index contributed by atoms with van der Waals surface area (Å²) in [7, 11) is 3.41. The van der Waals surface area contributed by atoms with Gasteiger partial charge < -0.3 is 9.47 Å². The molecular weight excluding hydrogens is 202 g/mol. The van der Waals surface area contributed by atoms with Gasteiger partial charge in [-0.05, 0) is 43.0 Å². The van der Waals surface area contributed by atoms with E-state index in [1.807, 2.05) is 0 Å². The minimum absolute atomic E-state index is 0.591. The fourth-order valence-electron chi connectivity index (χ4n) is 1.85. The molecule has 0 heterocycles. The first-order chi connectivity index (χ1) is 7.69. The molecule has 0 amide bonds. The van der Waals surface area contributed by atoms with Crippen molar-refractivity contribution in [2.45, 2.75) is 20.3 Å². The molecule has 0 bridgehead atoms. The summed E-state index contributed by atoms with van der Waals surface area (Å²) < 4.78 is 10.3. The van der Waals surface area contributed by atoms with Crippen LogP contribution in [-0.4, -0.2) is 27.5 Å². The smallest absolute Gasteiger partial charge is 0.122 e. The number of nitrogens with one attached hydrogen (secondary N) is 1. The van der Waals surface area contributed by atoms with E-state index >= 15 is 0 Å². The number of benzene rings is 1. The van der Waals surface area contributed by atoms with Crippen LogP contribution in [0.5, 0.6) is 5.75 Å². The Labute approximate surface area is 97.8 Å². The van der Waals surface area contributed by atoms with Crippen LogP contribution in [0.1, 0.15) is 16.7 Å². The lowest BCUT2D eigenvalue weighted by molar-refractivity contribution is 0.176. The van der Waals surface area contributed by atoms with Gasteiger partial charge in [0.2, 0.25) is 0 Å². The van der Waals surface area contributed by atoms with E-state index in [1.54, 1.807) is 14.2 Å². The summed E-state index contributed by atoms with van der Waals surface area (Å²) in [5.74, 6) is 0.983. The minimum Gasteiger partial charge on any atom is -0.496 e. The van der Waals surface area contributed by atoms with Gasteiger partial charge in [-0.2, -0.15) is 0 Å². The molecule has 1 rings (SSSR count). The maximum atomic E-state index is 5.40. The highest BCUT2D eigenvalue weighted by molar-refractivity contribution is 5.43. The molecular formula is C13H21NO2. The maximum absolute atomic E-state index is 5.40. The minimum atomic E-state index is 0.591. The Kier molecular flexibility index (Phi) is 5.29. The van der Waals surface area contributed by atoms with Crippen LogP contribution in [0.3, 0.4) is 0 Å². The van der Waals surface area contributed by atoms with E-state index in [4.69, 9.17) is 9.47 Å². The third-order valence-electron chi connectivity index (χ3n) is 2.59. The van der Waals surface area contributed by atoms with E-state index < -0.39 is 0 Å². The number of hydrogen-bond donors (Lipinski definition) is 1. The molecule has 90 valence electrons. The second-order valence-corrected chi connectivity index (χ2v) is 3.95. The van der Waals surface area contributed by atoms with Crippen LogP contribution in [0.2, 0.25) is 0 Å². The molecule has 1 aromatic rings. The van der Waals surface area contributed by atoms with Crippen molar-refractivity contribution in [3.05, 3.63) is 28.8 Å². The number of ether oxygens (including phenoxy) is 2. The van der Waals surface area contributed by atoms with Crippen LogP contribution in [0.25, 0.3) is 0 Å². The van der Waals surface area contributed by atoms with Crippen molar-refractivity contribution in [3.63, 3.8) is 0 Å². The maximum Gasteiger partial charge on any atom is 0.122 e. The zero-order chi connectivity index (χ0) is 12.0. The first-order valence-electron chi connectivity index (χ1n) is 5.52. The highest BCUT2D eigenvalue weighted by Gasteiger charge is 2.06. The summed E-state index contributed by atoms with van der Waals surface area (Å²) in [6.45, 7) is 5.70. The van der Waals surface area contributed by atoms with E-state index in [-0.39, 0.29) is 0 Å². The van der Waals surface area contributed by atoms with Gasteiger partial charge in [0.1, 0.15) is 5.75 Å². The van der Waals surface area contributed by atoms with E-state index in [0.29, 0.717) is 6.73 Å². The molecule has 16 heavy (non-hydrogen) atoms. The van der Waals surface area contributed by atoms with Crippen molar-refractivity contribution in [3.8, 4) is 5.75 Å². The van der Waals surface area contributed by atoms with Crippen molar-refractivity contribution in [2.75, 3.05) is 27.5 Å². The Morgan fingerprint density at radius 1 is 1.19 bits per heavy atom. The summed E-state index contributed by atoms with van der Waals surface area (Å²) in [5.41, 5.74) is 3.80. The molecule has 0 saturated heterocycles. The van der Waals surface area contributed by atoms with Crippen molar-refractivity contribution in [1.29, 1.82) is 0 Å². The van der Waals surface area contributed by atoms with Crippen LogP contribution in [0.4, 0.5) is 0 Å². The highest BCUT2D eigenvalue weighted by Crippen LogP contribution is 2.24. The topological polar surface area (TPSA) is 30.5 Å². The predicted octanol–water partition coefficient (Wildman–Crippen LogP) is 2.05. The van der Waals surface area contributed by atoms with Gasteiger partial charge in [0.15, 0.2) is 0 Å². The third kappa shape index (κ3) is 3.51.